The molecule has 0 bridgehead atoms. The van der Waals surface area contributed by atoms with Crippen LogP contribution < -0.4 is 15.5 Å². The van der Waals surface area contributed by atoms with Crippen LogP contribution in [-0.2, 0) is 0 Å². The molecule has 0 aliphatic carbocycles. The summed E-state index contributed by atoms with van der Waals surface area (Å²) in [7, 11) is 2.14. The van der Waals surface area contributed by atoms with Gasteiger partial charge in [0.1, 0.15) is 0 Å². The second-order valence-corrected chi connectivity index (χ2v) is 8.12. The van der Waals surface area contributed by atoms with Crippen molar-refractivity contribution in [2.75, 3.05) is 48.8 Å². The smallest absolute Gasteiger partial charge is 0.258 e. The summed E-state index contributed by atoms with van der Waals surface area (Å²) in [5.74, 6) is 0.0118. The fourth-order valence-corrected chi connectivity index (χ4v) is 3.75. The van der Waals surface area contributed by atoms with Crippen LogP contribution in [0.15, 0.2) is 54.9 Å². The molecule has 1 amide bonds. The van der Waals surface area contributed by atoms with Crippen LogP contribution in [0.4, 0.5) is 23.0 Å². The maximum atomic E-state index is 12.5. The topological polar surface area (TPSA) is 73.4 Å². The van der Waals surface area contributed by atoms with Gasteiger partial charge in [-0.25, -0.2) is 9.97 Å². The molecule has 2 N–H and O–H groups in total. The number of aromatic nitrogens is 2. The van der Waals surface area contributed by atoms with Crippen LogP contribution in [0.3, 0.4) is 0 Å². The Kier molecular flexibility index (Phi) is 6.56. The van der Waals surface area contributed by atoms with E-state index in [9.17, 15) is 4.79 Å². The minimum Gasteiger partial charge on any atom is -0.369 e. The van der Waals surface area contributed by atoms with Gasteiger partial charge >= 0.3 is 0 Å². The van der Waals surface area contributed by atoms with Gasteiger partial charge in [0.25, 0.3) is 5.91 Å². The summed E-state index contributed by atoms with van der Waals surface area (Å²) in [6, 6.07) is 13.2. The lowest BCUT2D eigenvalue weighted by atomic mass is 10.2. The fourth-order valence-electron chi connectivity index (χ4n) is 3.26. The number of carbonyl (C=O) groups is 1. The van der Waals surface area contributed by atoms with E-state index in [0.717, 1.165) is 31.9 Å². The molecule has 3 aromatic rings. The molecule has 160 valence electrons. The van der Waals surface area contributed by atoms with E-state index in [2.05, 4.69) is 49.6 Å². The summed E-state index contributed by atoms with van der Waals surface area (Å²) in [5, 5.41) is 6.57. The van der Waals surface area contributed by atoms with Gasteiger partial charge in [-0.05, 0) is 43.4 Å². The highest BCUT2D eigenvalue weighted by atomic mass is 35.5. The van der Waals surface area contributed by atoms with Gasteiger partial charge in [-0.2, -0.15) is 0 Å². The Morgan fingerprint density at radius 1 is 0.935 bits per heavy atom. The Morgan fingerprint density at radius 2 is 1.55 bits per heavy atom. The summed E-state index contributed by atoms with van der Waals surface area (Å²) >= 11 is 12.2. The van der Waals surface area contributed by atoms with Crippen LogP contribution in [0.5, 0.6) is 0 Å². The first-order chi connectivity index (χ1) is 15.0. The molecule has 0 unspecified atom stereocenters. The van der Waals surface area contributed by atoms with E-state index in [4.69, 9.17) is 23.2 Å². The van der Waals surface area contributed by atoms with Gasteiger partial charge in [0.2, 0.25) is 5.95 Å². The highest BCUT2D eigenvalue weighted by Gasteiger charge is 2.15. The van der Waals surface area contributed by atoms with Crippen LogP contribution in [0, 0.1) is 0 Å². The maximum absolute atomic E-state index is 12.5. The molecule has 1 saturated heterocycles. The molecule has 0 atom stereocenters. The molecule has 1 aliphatic rings. The first-order valence-electron chi connectivity index (χ1n) is 9.87. The van der Waals surface area contributed by atoms with Crippen molar-refractivity contribution in [1.82, 2.24) is 14.9 Å². The Morgan fingerprint density at radius 3 is 2.16 bits per heavy atom. The van der Waals surface area contributed by atoms with E-state index >= 15 is 0 Å². The molecule has 2 heterocycles. The van der Waals surface area contributed by atoms with Crippen LogP contribution >= 0.6 is 23.2 Å². The molecular formula is C22H22Cl2N6O. The predicted octanol–water partition coefficient (Wildman–Crippen LogP) is 4.53. The molecular weight excluding hydrogens is 435 g/mol. The molecule has 7 nitrogen and oxygen atoms in total. The third kappa shape index (κ3) is 5.25. The van der Waals surface area contributed by atoms with Crippen molar-refractivity contribution in [2.45, 2.75) is 0 Å². The van der Waals surface area contributed by atoms with E-state index in [1.165, 1.54) is 18.1 Å². The number of rotatable bonds is 5. The zero-order valence-corrected chi connectivity index (χ0v) is 18.5. The number of nitrogens with one attached hydrogen (secondary N) is 2. The third-order valence-electron chi connectivity index (χ3n) is 5.11. The van der Waals surface area contributed by atoms with Crippen molar-refractivity contribution < 1.29 is 4.79 Å². The number of piperazine rings is 1. The van der Waals surface area contributed by atoms with Gasteiger partial charge in [-0.3, -0.25) is 4.79 Å². The van der Waals surface area contributed by atoms with Crippen LogP contribution in [0.2, 0.25) is 10.0 Å². The van der Waals surface area contributed by atoms with Gasteiger partial charge in [-0.1, -0.05) is 29.3 Å². The molecule has 9 heteroatoms. The minimum absolute atomic E-state index is 0.298. The van der Waals surface area contributed by atoms with Crippen molar-refractivity contribution in [1.29, 1.82) is 0 Å². The number of benzene rings is 2. The average Bonchev–Trinajstić information content (AvgIpc) is 2.78. The maximum Gasteiger partial charge on any atom is 0.258 e. The van der Waals surface area contributed by atoms with E-state index in [1.54, 1.807) is 18.2 Å². The van der Waals surface area contributed by atoms with Crippen molar-refractivity contribution >= 4 is 52.1 Å². The highest BCUT2D eigenvalue weighted by Crippen LogP contribution is 2.30. The zero-order chi connectivity index (χ0) is 21.8. The second kappa shape index (κ2) is 9.51. The van der Waals surface area contributed by atoms with E-state index in [1.807, 2.05) is 12.1 Å². The summed E-state index contributed by atoms with van der Waals surface area (Å²) in [6.07, 6.45) is 2.90. The number of halogens is 2. The Bertz CT molecular complexity index is 1030. The van der Waals surface area contributed by atoms with Gasteiger partial charge in [0, 0.05) is 49.9 Å². The number of hydrogen-bond acceptors (Lipinski definition) is 6. The SMILES string of the molecule is CN1CCN(c2ccc(Nc3ncc(C(=O)Nc4c(Cl)cccc4Cl)cn3)cc2)CC1. The lowest BCUT2D eigenvalue weighted by Crippen LogP contribution is -2.44. The van der Waals surface area contributed by atoms with Crippen molar-refractivity contribution in [3.8, 4) is 0 Å². The standard InChI is InChI=1S/C22H22Cl2N6O/c1-29-9-11-30(12-10-29)17-7-5-16(6-8-17)27-22-25-13-15(14-26-22)21(31)28-20-18(23)3-2-4-19(20)24/h2-8,13-14H,9-12H2,1H3,(H,28,31)(H,25,26,27). The van der Waals surface area contributed by atoms with Gasteiger partial charge in [0.05, 0.1) is 21.3 Å². The number of para-hydroxylation sites is 1. The monoisotopic (exact) mass is 456 g/mol. The van der Waals surface area contributed by atoms with Crippen molar-refractivity contribution in [2.24, 2.45) is 0 Å². The molecule has 0 radical (unpaired) electrons. The first kappa shape index (κ1) is 21.4. The molecule has 0 saturated carbocycles. The minimum atomic E-state index is -0.391. The number of hydrogen-bond donors (Lipinski definition) is 2. The normalized spacial score (nSPS) is 14.4. The quantitative estimate of drug-likeness (QED) is 0.587. The first-order valence-corrected chi connectivity index (χ1v) is 10.6. The van der Waals surface area contributed by atoms with E-state index in [-0.39, 0.29) is 0 Å². The summed E-state index contributed by atoms with van der Waals surface area (Å²) < 4.78 is 0. The molecule has 1 fully saturated rings. The Labute approximate surface area is 191 Å². The molecule has 0 spiro atoms. The van der Waals surface area contributed by atoms with Crippen molar-refractivity contribution in [3.63, 3.8) is 0 Å². The van der Waals surface area contributed by atoms with Crippen LogP contribution in [-0.4, -0.2) is 54.0 Å². The Balaban J connectivity index is 1.37. The lowest BCUT2D eigenvalue weighted by molar-refractivity contribution is 0.102. The Hall–Kier alpha value is -2.87. The number of anilines is 4. The van der Waals surface area contributed by atoms with Crippen molar-refractivity contribution in [3.05, 3.63) is 70.5 Å². The lowest BCUT2D eigenvalue weighted by Gasteiger charge is -2.34. The van der Waals surface area contributed by atoms with Crippen LogP contribution in [0.25, 0.3) is 0 Å². The van der Waals surface area contributed by atoms with Crippen LogP contribution in [0.1, 0.15) is 10.4 Å². The van der Waals surface area contributed by atoms with E-state index < -0.39 is 5.91 Å². The number of amides is 1. The largest absolute Gasteiger partial charge is 0.369 e. The summed E-state index contributed by atoms with van der Waals surface area (Å²) in [6.45, 7) is 4.18. The average molecular weight is 457 g/mol. The van der Waals surface area contributed by atoms with Gasteiger partial charge in [-0.15, -0.1) is 0 Å². The third-order valence-corrected chi connectivity index (χ3v) is 5.74. The van der Waals surface area contributed by atoms with Gasteiger partial charge < -0.3 is 20.4 Å². The molecule has 4 rings (SSSR count). The predicted molar refractivity (Wildman–Crippen MR) is 126 cm³/mol. The molecule has 31 heavy (non-hydrogen) atoms. The molecule has 1 aliphatic heterocycles. The number of likely N-dealkylation sites (N-methyl/N-ethyl adjacent to an activating group) is 1. The zero-order valence-electron chi connectivity index (χ0n) is 17.0. The number of carbonyl (C=O) groups excluding carboxylic acids is 1. The van der Waals surface area contributed by atoms with E-state index in [0.29, 0.717) is 27.2 Å². The summed E-state index contributed by atoms with van der Waals surface area (Å²) in [4.78, 5) is 25.6. The van der Waals surface area contributed by atoms with Gasteiger partial charge in [0.15, 0.2) is 0 Å². The highest BCUT2D eigenvalue weighted by molar-refractivity contribution is 6.40. The summed E-state index contributed by atoms with van der Waals surface area (Å²) in [5.41, 5.74) is 2.73. The fraction of sp³-hybridized carbons (Fsp3) is 0.227. The molecule has 2 aromatic carbocycles. The second-order valence-electron chi connectivity index (χ2n) is 7.31. The number of nitrogens with zero attached hydrogens (tertiary/aromatic N) is 4. The molecule has 1 aromatic heterocycles.